The van der Waals surface area contributed by atoms with Crippen LogP contribution in [0.5, 0.6) is 5.75 Å². The highest BCUT2D eigenvalue weighted by Crippen LogP contribution is 2.27. The minimum atomic E-state index is -0.528. The number of amides is 3. The second kappa shape index (κ2) is 16.0. The average molecular weight is 711 g/mol. The Morgan fingerprint density at radius 3 is 2.17 bits per heavy atom. The Bertz CT molecular complexity index is 1860. The van der Waals surface area contributed by atoms with Crippen molar-refractivity contribution in [2.24, 2.45) is 0 Å². The predicted molar refractivity (Wildman–Crippen MR) is 190 cm³/mol. The molecule has 10 heteroatoms. The number of hydrogen-bond acceptors (Lipinski definition) is 6. The summed E-state index contributed by atoms with van der Waals surface area (Å²) in [7, 11) is 0. The fourth-order valence-electron chi connectivity index (χ4n) is 4.40. The molecule has 0 spiro atoms. The van der Waals surface area contributed by atoms with E-state index in [-0.39, 0.29) is 16.9 Å². The number of ether oxygens (including phenoxy) is 1. The van der Waals surface area contributed by atoms with Gasteiger partial charge in [0, 0.05) is 37.9 Å². The molecule has 5 aromatic rings. The molecule has 0 saturated heterocycles. The standard InChI is InChI=1S/C37H32BrN3O5S/c1-3-45-30-17-13-28(14-18-30)39-35(42)24(2)47-32-20-15-29(16-21-32)40-37(44)33(41-36(43)26-7-5-4-6-8-26)23-31-19-22-34(46-31)25-9-11-27(38)12-10-25/h4-24H,3H2,1-2H3,(H,39,42)(H,40,44)(H,41,43)/b33-23-/t24-/m0/s1. The van der Waals surface area contributed by atoms with Gasteiger partial charge in [0.2, 0.25) is 5.91 Å². The van der Waals surface area contributed by atoms with Crippen molar-refractivity contribution in [3.63, 3.8) is 0 Å². The van der Waals surface area contributed by atoms with Crippen molar-refractivity contribution in [1.29, 1.82) is 0 Å². The van der Waals surface area contributed by atoms with Crippen molar-refractivity contribution < 1.29 is 23.5 Å². The van der Waals surface area contributed by atoms with Crippen LogP contribution in [-0.2, 0) is 9.59 Å². The second-order valence-electron chi connectivity index (χ2n) is 10.3. The molecule has 5 rings (SSSR count). The number of halogens is 1. The first kappa shape index (κ1) is 33.3. The smallest absolute Gasteiger partial charge is 0.272 e. The van der Waals surface area contributed by atoms with E-state index in [4.69, 9.17) is 9.15 Å². The first-order valence-corrected chi connectivity index (χ1v) is 16.5. The molecule has 0 bridgehead atoms. The fraction of sp³-hybridized carbons (Fsp3) is 0.108. The summed E-state index contributed by atoms with van der Waals surface area (Å²) in [6.07, 6.45) is 1.49. The molecular formula is C37H32BrN3O5S. The molecule has 1 heterocycles. The number of benzene rings is 4. The lowest BCUT2D eigenvalue weighted by Gasteiger charge is -2.14. The van der Waals surface area contributed by atoms with Crippen molar-refractivity contribution in [3.8, 4) is 17.1 Å². The third-order valence-corrected chi connectivity index (χ3v) is 8.44. The van der Waals surface area contributed by atoms with Crippen LogP contribution in [0, 0.1) is 0 Å². The molecule has 0 saturated carbocycles. The van der Waals surface area contributed by atoms with Crippen molar-refractivity contribution in [3.05, 3.63) is 137 Å². The number of rotatable bonds is 12. The Kier molecular flexibility index (Phi) is 11.3. The summed E-state index contributed by atoms with van der Waals surface area (Å²) >= 11 is 4.82. The average Bonchev–Trinajstić information content (AvgIpc) is 3.55. The number of furan rings is 1. The van der Waals surface area contributed by atoms with Crippen LogP contribution < -0.4 is 20.7 Å². The van der Waals surface area contributed by atoms with Crippen LogP contribution in [0.4, 0.5) is 11.4 Å². The number of carbonyl (C=O) groups excluding carboxylic acids is 3. The number of nitrogens with one attached hydrogen (secondary N) is 3. The summed E-state index contributed by atoms with van der Waals surface area (Å²) in [4.78, 5) is 40.1. The Hall–Kier alpha value is -5.06. The topological polar surface area (TPSA) is 110 Å². The molecule has 3 N–H and O–H groups in total. The van der Waals surface area contributed by atoms with E-state index in [9.17, 15) is 14.4 Å². The summed E-state index contributed by atoms with van der Waals surface area (Å²) in [6, 6.07) is 34.2. The van der Waals surface area contributed by atoms with Gasteiger partial charge in [-0.15, -0.1) is 11.8 Å². The van der Waals surface area contributed by atoms with Crippen molar-refractivity contribution in [2.75, 3.05) is 17.2 Å². The molecule has 8 nitrogen and oxygen atoms in total. The van der Waals surface area contributed by atoms with Crippen molar-refractivity contribution in [1.82, 2.24) is 5.32 Å². The molecule has 0 radical (unpaired) electrons. The quantitative estimate of drug-likeness (QED) is 0.0884. The first-order valence-electron chi connectivity index (χ1n) is 14.8. The molecule has 4 aromatic carbocycles. The molecule has 0 aliphatic carbocycles. The van der Waals surface area contributed by atoms with Gasteiger partial charge in [0.25, 0.3) is 11.8 Å². The summed E-state index contributed by atoms with van der Waals surface area (Å²) in [5.41, 5.74) is 2.48. The number of carbonyl (C=O) groups is 3. The molecular weight excluding hydrogens is 678 g/mol. The van der Waals surface area contributed by atoms with Gasteiger partial charge in [-0.2, -0.15) is 0 Å². The van der Waals surface area contributed by atoms with Gasteiger partial charge in [0.05, 0.1) is 11.9 Å². The predicted octanol–water partition coefficient (Wildman–Crippen LogP) is 8.64. The van der Waals surface area contributed by atoms with E-state index < -0.39 is 11.8 Å². The molecule has 1 atom stereocenters. The van der Waals surface area contributed by atoms with E-state index >= 15 is 0 Å². The van der Waals surface area contributed by atoms with Gasteiger partial charge in [0.1, 0.15) is 23.0 Å². The number of anilines is 2. The lowest BCUT2D eigenvalue weighted by molar-refractivity contribution is -0.115. The molecule has 0 aliphatic rings. The first-order chi connectivity index (χ1) is 22.8. The Morgan fingerprint density at radius 2 is 1.49 bits per heavy atom. The molecule has 3 amide bonds. The zero-order valence-electron chi connectivity index (χ0n) is 25.7. The Morgan fingerprint density at radius 1 is 0.830 bits per heavy atom. The van der Waals surface area contributed by atoms with Gasteiger partial charge in [-0.05, 0) is 98.8 Å². The van der Waals surface area contributed by atoms with Gasteiger partial charge in [-0.1, -0.05) is 46.3 Å². The minimum Gasteiger partial charge on any atom is -0.494 e. The molecule has 0 fully saturated rings. The summed E-state index contributed by atoms with van der Waals surface area (Å²) in [5, 5.41) is 8.12. The summed E-state index contributed by atoms with van der Waals surface area (Å²) in [6.45, 7) is 4.32. The molecule has 0 aliphatic heterocycles. The van der Waals surface area contributed by atoms with Gasteiger partial charge in [-0.3, -0.25) is 14.4 Å². The summed E-state index contributed by atoms with van der Waals surface area (Å²) < 4.78 is 12.4. The minimum absolute atomic E-state index is 0.00796. The normalized spacial score (nSPS) is 11.8. The molecule has 1 aromatic heterocycles. The zero-order chi connectivity index (χ0) is 33.2. The van der Waals surface area contributed by atoms with Gasteiger partial charge in [0.15, 0.2) is 0 Å². The van der Waals surface area contributed by atoms with Crippen LogP contribution in [0.25, 0.3) is 17.4 Å². The highest BCUT2D eigenvalue weighted by molar-refractivity contribution is 9.10. The maximum absolute atomic E-state index is 13.5. The zero-order valence-corrected chi connectivity index (χ0v) is 28.1. The van der Waals surface area contributed by atoms with E-state index in [0.717, 1.165) is 20.7 Å². The highest BCUT2D eigenvalue weighted by atomic mass is 79.9. The monoisotopic (exact) mass is 709 g/mol. The van der Waals surface area contributed by atoms with Gasteiger partial charge in [-0.25, -0.2) is 0 Å². The largest absolute Gasteiger partial charge is 0.494 e. The van der Waals surface area contributed by atoms with Crippen LogP contribution in [0.3, 0.4) is 0 Å². The second-order valence-corrected chi connectivity index (χ2v) is 12.6. The fourth-order valence-corrected chi connectivity index (χ4v) is 5.53. The van der Waals surface area contributed by atoms with E-state index in [0.29, 0.717) is 35.1 Å². The highest BCUT2D eigenvalue weighted by Gasteiger charge is 2.18. The van der Waals surface area contributed by atoms with E-state index in [1.807, 2.05) is 68.4 Å². The molecule has 0 unspecified atom stereocenters. The summed E-state index contributed by atoms with van der Waals surface area (Å²) in [5.74, 6) is 0.657. The molecule has 47 heavy (non-hydrogen) atoms. The van der Waals surface area contributed by atoms with Gasteiger partial charge < -0.3 is 25.1 Å². The number of hydrogen-bond donors (Lipinski definition) is 3. The van der Waals surface area contributed by atoms with Crippen LogP contribution in [-0.4, -0.2) is 29.6 Å². The molecule has 238 valence electrons. The third kappa shape index (κ3) is 9.48. The van der Waals surface area contributed by atoms with Crippen LogP contribution >= 0.6 is 27.7 Å². The van der Waals surface area contributed by atoms with Crippen LogP contribution in [0.2, 0.25) is 0 Å². The SMILES string of the molecule is CCOc1ccc(NC(=O)[C@H](C)Sc2ccc(NC(=O)/C(=C/c3ccc(-c4ccc(Br)cc4)o3)NC(=O)c3ccccc3)cc2)cc1. The van der Waals surface area contributed by atoms with E-state index in [1.165, 1.54) is 17.8 Å². The third-order valence-electron chi connectivity index (χ3n) is 6.80. The van der Waals surface area contributed by atoms with E-state index in [1.54, 1.807) is 60.7 Å². The van der Waals surface area contributed by atoms with E-state index in [2.05, 4.69) is 31.9 Å². The maximum atomic E-state index is 13.5. The number of thioether (sulfide) groups is 1. The maximum Gasteiger partial charge on any atom is 0.272 e. The Labute approximate surface area is 285 Å². The van der Waals surface area contributed by atoms with Crippen LogP contribution in [0.1, 0.15) is 30.0 Å². The van der Waals surface area contributed by atoms with Crippen LogP contribution in [0.15, 0.2) is 135 Å². The lowest BCUT2D eigenvalue weighted by Crippen LogP contribution is -2.30. The van der Waals surface area contributed by atoms with Gasteiger partial charge >= 0.3 is 0 Å². The van der Waals surface area contributed by atoms with Crippen molar-refractivity contribution in [2.45, 2.75) is 24.0 Å². The Balaban J connectivity index is 1.25. The van der Waals surface area contributed by atoms with Crippen molar-refractivity contribution >= 4 is 62.9 Å². The lowest BCUT2D eigenvalue weighted by atomic mass is 10.2.